The predicted molar refractivity (Wildman–Crippen MR) is 47.5 cm³/mol. The van der Waals surface area contributed by atoms with Crippen LogP contribution in [0.25, 0.3) is 0 Å². The van der Waals surface area contributed by atoms with E-state index in [1.807, 2.05) is 19.0 Å². The standard InChI is InChI=1S/C9H15NO3/c1-10(2)4-3-9(8(12)13)5-7(11)6-9/h3-6H2,1-2H3,(H,12,13). The van der Waals surface area contributed by atoms with Crippen LogP contribution in [0.15, 0.2) is 0 Å². The number of carboxylic acid groups (broad SMARTS) is 1. The Morgan fingerprint density at radius 1 is 1.54 bits per heavy atom. The Balaban J connectivity index is 2.50. The van der Waals surface area contributed by atoms with Gasteiger partial charge in [-0.2, -0.15) is 0 Å². The Kier molecular flexibility index (Phi) is 2.71. The highest BCUT2D eigenvalue weighted by atomic mass is 16.4. The summed E-state index contributed by atoms with van der Waals surface area (Å²) >= 11 is 0. The van der Waals surface area contributed by atoms with E-state index in [2.05, 4.69) is 0 Å². The lowest BCUT2D eigenvalue weighted by molar-refractivity contribution is -0.161. The number of carbonyl (C=O) groups is 2. The van der Waals surface area contributed by atoms with Gasteiger partial charge in [0.25, 0.3) is 0 Å². The van der Waals surface area contributed by atoms with Crippen LogP contribution in [0.5, 0.6) is 0 Å². The molecular formula is C9H15NO3. The Hall–Kier alpha value is -0.900. The molecule has 4 nitrogen and oxygen atoms in total. The van der Waals surface area contributed by atoms with E-state index in [4.69, 9.17) is 5.11 Å². The molecule has 0 aromatic heterocycles. The van der Waals surface area contributed by atoms with Crippen LogP contribution in [0.4, 0.5) is 0 Å². The van der Waals surface area contributed by atoms with Crippen molar-refractivity contribution in [3.63, 3.8) is 0 Å². The zero-order valence-electron chi connectivity index (χ0n) is 8.04. The second-order valence-electron chi connectivity index (χ2n) is 4.03. The van der Waals surface area contributed by atoms with Crippen molar-refractivity contribution in [2.45, 2.75) is 19.3 Å². The summed E-state index contributed by atoms with van der Waals surface area (Å²) in [6.07, 6.45) is 1.01. The molecule has 0 spiro atoms. The average Bonchev–Trinajstić information content (AvgIpc) is 1.94. The monoisotopic (exact) mass is 185 g/mol. The zero-order valence-corrected chi connectivity index (χ0v) is 8.04. The lowest BCUT2D eigenvalue weighted by Gasteiger charge is -2.36. The number of hydrogen-bond donors (Lipinski definition) is 1. The highest BCUT2D eigenvalue weighted by Crippen LogP contribution is 2.41. The summed E-state index contributed by atoms with van der Waals surface area (Å²) in [4.78, 5) is 23.6. The molecule has 13 heavy (non-hydrogen) atoms. The topological polar surface area (TPSA) is 57.6 Å². The van der Waals surface area contributed by atoms with Crippen LogP contribution in [0.3, 0.4) is 0 Å². The molecule has 1 N–H and O–H groups in total. The molecule has 0 atom stereocenters. The number of ketones is 1. The first-order chi connectivity index (χ1) is 5.96. The lowest BCUT2D eigenvalue weighted by atomic mass is 9.66. The van der Waals surface area contributed by atoms with Gasteiger partial charge in [0, 0.05) is 12.8 Å². The smallest absolute Gasteiger partial charge is 0.310 e. The molecule has 0 aromatic rings. The van der Waals surface area contributed by atoms with Crippen molar-refractivity contribution in [1.29, 1.82) is 0 Å². The van der Waals surface area contributed by atoms with Crippen molar-refractivity contribution in [2.24, 2.45) is 5.41 Å². The van der Waals surface area contributed by atoms with Gasteiger partial charge in [-0.3, -0.25) is 9.59 Å². The molecular weight excluding hydrogens is 170 g/mol. The normalized spacial score (nSPS) is 20.1. The Morgan fingerprint density at radius 3 is 2.38 bits per heavy atom. The van der Waals surface area contributed by atoms with Gasteiger partial charge >= 0.3 is 5.97 Å². The van der Waals surface area contributed by atoms with Crippen molar-refractivity contribution in [1.82, 2.24) is 4.90 Å². The molecule has 1 saturated carbocycles. The van der Waals surface area contributed by atoms with Crippen LogP contribution >= 0.6 is 0 Å². The number of hydrogen-bond acceptors (Lipinski definition) is 3. The lowest BCUT2D eigenvalue weighted by Crippen LogP contribution is -2.45. The summed E-state index contributed by atoms with van der Waals surface area (Å²) in [5, 5.41) is 8.94. The van der Waals surface area contributed by atoms with E-state index in [1.54, 1.807) is 0 Å². The third-order valence-electron chi connectivity index (χ3n) is 2.56. The molecule has 0 saturated heterocycles. The minimum Gasteiger partial charge on any atom is -0.481 e. The fraction of sp³-hybridized carbons (Fsp3) is 0.778. The second kappa shape index (κ2) is 3.46. The highest BCUT2D eigenvalue weighted by molar-refractivity contribution is 5.96. The molecule has 0 radical (unpaired) electrons. The first kappa shape index (κ1) is 10.2. The van der Waals surface area contributed by atoms with Gasteiger partial charge in [-0.05, 0) is 27.1 Å². The van der Waals surface area contributed by atoms with Crippen molar-refractivity contribution in [3.05, 3.63) is 0 Å². The molecule has 4 heteroatoms. The zero-order chi connectivity index (χ0) is 10.1. The SMILES string of the molecule is CN(C)CCC1(C(=O)O)CC(=O)C1. The van der Waals surface area contributed by atoms with Gasteiger partial charge in [-0.1, -0.05) is 0 Å². The van der Waals surface area contributed by atoms with Crippen LogP contribution in [0, 0.1) is 5.41 Å². The van der Waals surface area contributed by atoms with Crippen LogP contribution in [0.2, 0.25) is 0 Å². The van der Waals surface area contributed by atoms with Gasteiger partial charge in [-0.25, -0.2) is 0 Å². The summed E-state index contributed by atoms with van der Waals surface area (Å²) in [5.74, 6) is -0.755. The molecule has 0 amide bonds. The van der Waals surface area contributed by atoms with E-state index in [0.29, 0.717) is 6.42 Å². The first-order valence-electron chi connectivity index (χ1n) is 4.36. The summed E-state index contributed by atoms with van der Waals surface area (Å²) < 4.78 is 0. The Bertz CT molecular complexity index is 227. The molecule has 0 unspecified atom stereocenters. The van der Waals surface area contributed by atoms with Gasteiger partial charge in [0.05, 0.1) is 5.41 Å². The maximum atomic E-state index is 10.9. The third kappa shape index (κ3) is 2.06. The number of rotatable bonds is 4. The van der Waals surface area contributed by atoms with Gasteiger partial charge in [0.2, 0.25) is 0 Å². The van der Waals surface area contributed by atoms with Gasteiger partial charge < -0.3 is 10.0 Å². The van der Waals surface area contributed by atoms with E-state index in [0.717, 1.165) is 6.54 Å². The summed E-state index contributed by atoms with van der Waals surface area (Å²) in [5.41, 5.74) is -0.749. The summed E-state index contributed by atoms with van der Waals surface area (Å²) in [7, 11) is 3.80. The summed E-state index contributed by atoms with van der Waals surface area (Å²) in [6, 6.07) is 0. The largest absolute Gasteiger partial charge is 0.481 e. The molecule has 1 aliphatic rings. The molecule has 0 heterocycles. The maximum absolute atomic E-state index is 10.9. The van der Waals surface area contributed by atoms with Crippen LogP contribution in [0.1, 0.15) is 19.3 Å². The van der Waals surface area contributed by atoms with Gasteiger partial charge in [-0.15, -0.1) is 0 Å². The maximum Gasteiger partial charge on any atom is 0.310 e. The van der Waals surface area contributed by atoms with E-state index in [-0.39, 0.29) is 18.6 Å². The van der Waals surface area contributed by atoms with Gasteiger partial charge in [0.1, 0.15) is 5.78 Å². The minimum absolute atomic E-state index is 0.0705. The molecule has 1 aliphatic carbocycles. The molecule has 1 rings (SSSR count). The molecule has 74 valence electrons. The van der Waals surface area contributed by atoms with E-state index < -0.39 is 11.4 Å². The number of carbonyl (C=O) groups excluding carboxylic acids is 1. The highest BCUT2D eigenvalue weighted by Gasteiger charge is 2.49. The second-order valence-corrected chi connectivity index (χ2v) is 4.03. The average molecular weight is 185 g/mol. The fourth-order valence-corrected chi connectivity index (χ4v) is 1.58. The number of aliphatic carboxylic acids is 1. The first-order valence-corrected chi connectivity index (χ1v) is 4.36. The van der Waals surface area contributed by atoms with Crippen molar-refractivity contribution in [2.75, 3.05) is 20.6 Å². The van der Waals surface area contributed by atoms with Crippen molar-refractivity contribution in [3.8, 4) is 0 Å². The number of carboxylic acids is 1. The van der Waals surface area contributed by atoms with Crippen molar-refractivity contribution < 1.29 is 14.7 Å². The third-order valence-corrected chi connectivity index (χ3v) is 2.56. The van der Waals surface area contributed by atoms with Crippen LogP contribution in [-0.2, 0) is 9.59 Å². The minimum atomic E-state index is -0.825. The van der Waals surface area contributed by atoms with E-state index >= 15 is 0 Å². The van der Waals surface area contributed by atoms with E-state index in [1.165, 1.54) is 0 Å². The Morgan fingerprint density at radius 2 is 2.08 bits per heavy atom. The van der Waals surface area contributed by atoms with Crippen LogP contribution in [-0.4, -0.2) is 42.4 Å². The van der Waals surface area contributed by atoms with Crippen LogP contribution < -0.4 is 0 Å². The van der Waals surface area contributed by atoms with E-state index in [9.17, 15) is 9.59 Å². The quantitative estimate of drug-likeness (QED) is 0.687. The molecule has 0 aliphatic heterocycles. The number of Topliss-reactive ketones (excluding diaryl/α,β-unsaturated/α-hetero) is 1. The van der Waals surface area contributed by atoms with Gasteiger partial charge in [0.15, 0.2) is 0 Å². The molecule has 1 fully saturated rings. The predicted octanol–water partition coefficient (Wildman–Crippen LogP) is 0.372. The fourth-order valence-electron chi connectivity index (χ4n) is 1.58. The molecule has 0 aromatic carbocycles. The number of nitrogens with zero attached hydrogens (tertiary/aromatic N) is 1. The van der Waals surface area contributed by atoms with Crippen molar-refractivity contribution >= 4 is 11.8 Å². The molecule has 0 bridgehead atoms. The Labute approximate surface area is 77.5 Å². The summed E-state index contributed by atoms with van der Waals surface area (Å²) in [6.45, 7) is 0.722.